The number of pyridine rings is 1. The number of hydrogen-bond donors (Lipinski definition) is 4. The van der Waals surface area contributed by atoms with Crippen LogP contribution in [0.15, 0.2) is 17.4 Å². The number of aliphatic hydroxyl groups is 2. The molecular formula is C8H12N6O2. The van der Waals surface area contributed by atoms with Crippen molar-refractivity contribution in [2.75, 3.05) is 18.0 Å². The lowest BCUT2D eigenvalue weighted by Gasteiger charge is -2.16. The summed E-state index contributed by atoms with van der Waals surface area (Å²) in [4.78, 5) is 6.22. The molecule has 1 heterocycles. The minimum absolute atomic E-state index is 0.153. The van der Waals surface area contributed by atoms with Crippen molar-refractivity contribution in [3.8, 4) is 0 Å². The van der Waals surface area contributed by atoms with E-state index >= 15 is 0 Å². The predicted molar refractivity (Wildman–Crippen MR) is 58.0 cm³/mol. The molecule has 2 atom stereocenters. The molecule has 2 unspecified atom stereocenters. The van der Waals surface area contributed by atoms with E-state index in [1.165, 1.54) is 12.3 Å². The molecule has 6 N–H and O–H groups in total. The molecule has 0 aromatic carbocycles. The second-order valence-electron chi connectivity index (χ2n) is 3.17. The van der Waals surface area contributed by atoms with Gasteiger partial charge in [-0.2, -0.15) is 0 Å². The molecule has 86 valence electrons. The zero-order chi connectivity index (χ0) is 12.1. The van der Waals surface area contributed by atoms with E-state index in [2.05, 4.69) is 15.0 Å². The van der Waals surface area contributed by atoms with E-state index in [0.29, 0.717) is 5.56 Å². The third kappa shape index (κ3) is 2.74. The van der Waals surface area contributed by atoms with Crippen LogP contribution in [-0.2, 0) is 0 Å². The average molecular weight is 224 g/mol. The molecule has 0 spiro atoms. The van der Waals surface area contributed by atoms with Gasteiger partial charge in [0.1, 0.15) is 11.9 Å². The Morgan fingerprint density at radius 1 is 1.50 bits per heavy atom. The Kier molecular flexibility index (Phi) is 3.90. The Hall–Kier alpha value is -2.02. The first-order chi connectivity index (χ1) is 7.56. The van der Waals surface area contributed by atoms with Crippen molar-refractivity contribution < 1.29 is 10.2 Å². The number of hydrogen-bond acceptors (Lipinski definition) is 6. The molecule has 0 aliphatic rings. The van der Waals surface area contributed by atoms with Crippen LogP contribution < -0.4 is 11.5 Å². The van der Waals surface area contributed by atoms with Gasteiger partial charge < -0.3 is 21.7 Å². The van der Waals surface area contributed by atoms with Crippen LogP contribution >= 0.6 is 0 Å². The smallest absolute Gasteiger partial charge is 0.146 e. The molecule has 8 heteroatoms. The van der Waals surface area contributed by atoms with E-state index < -0.39 is 12.2 Å². The van der Waals surface area contributed by atoms with E-state index in [-0.39, 0.29) is 18.1 Å². The molecule has 1 aromatic rings. The molecule has 1 rings (SSSR count). The molecule has 0 radical (unpaired) electrons. The van der Waals surface area contributed by atoms with Crippen molar-refractivity contribution in [1.29, 1.82) is 0 Å². The van der Waals surface area contributed by atoms with Crippen LogP contribution in [0, 0.1) is 0 Å². The van der Waals surface area contributed by atoms with E-state index in [9.17, 15) is 10.2 Å². The standard InChI is InChI=1S/C8H12N6O2/c9-5-1-4(2-12-8(5)10)7(16)6(15)3-13-14-11/h1-2,6-7,15-16H,3,9H2,(H2,10,12). The summed E-state index contributed by atoms with van der Waals surface area (Å²) in [6, 6.07) is 1.41. The van der Waals surface area contributed by atoms with Gasteiger partial charge in [-0.25, -0.2) is 4.98 Å². The number of nitrogens with zero attached hydrogens (tertiary/aromatic N) is 4. The number of nitrogens with two attached hydrogens (primary N) is 2. The summed E-state index contributed by atoms with van der Waals surface area (Å²) in [5.74, 6) is 0.153. The van der Waals surface area contributed by atoms with Crippen molar-refractivity contribution in [2.24, 2.45) is 5.11 Å². The summed E-state index contributed by atoms with van der Waals surface area (Å²) in [6.45, 7) is -0.234. The molecule has 16 heavy (non-hydrogen) atoms. The highest BCUT2D eigenvalue weighted by Crippen LogP contribution is 2.21. The SMILES string of the molecule is [N-]=[N+]=NCC(O)C(O)c1cnc(N)c(N)c1. The first kappa shape index (κ1) is 12.1. The molecule has 1 aromatic heterocycles. The van der Waals surface area contributed by atoms with Gasteiger partial charge in [-0.1, -0.05) is 5.11 Å². The maximum atomic E-state index is 9.66. The van der Waals surface area contributed by atoms with E-state index in [1.54, 1.807) is 0 Å². The summed E-state index contributed by atoms with van der Waals surface area (Å²) >= 11 is 0. The molecule has 8 nitrogen and oxygen atoms in total. The monoisotopic (exact) mass is 224 g/mol. The van der Waals surface area contributed by atoms with Gasteiger partial charge >= 0.3 is 0 Å². The quantitative estimate of drug-likeness (QED) is 0.320. The van der Waals surface area contributed by atoms with Crippen LogP contribution in [-0.4, -0.2) is 27.8 Å². The average Bonchev–Trinajstić information content (AvgIpc) is 2.28. The van der Waals surface area contributed by atoms with Gasteiger partial charge in [0.05, 0.1) is 18.3 Å². The molecule has 0 amide bonds. The fraction of sp³-hybridized carbons (Fsp3) is 0.375. The van der Waals surface area contributed by atoms with Gasteiger partial charge in [0.15, 0.2) is 0 Å². The topological polar surface area (TPSA) is 154 Å². The van der Waals surface area contributed by atoms with Crippen molar-refractivity contribution in [3.63, 3.8) is 0 Å². The van der Waals surface area contributed by atoms with Gasteiger partial charge in [-0.3, -0.25) is 0 Å². The van der Waals surface area contributed by atoms with Crippen LogP contribution in [0.3, 0.4) is 0 Å². The Balaban J connectivity index is 2.82. The van der Waals surface area contributed by atoms with Gasteiger partial charge in [-0.15, -0.1) is 0 Å². The lowest BCUT2D eigenvalue weighted by molar-refractivity contribution is 0.0242. The summed E-state index contributed by atoms with van der Waals surface area (Å²) < 4.78 is 0. The second kappa shape index (κ2) is 5.17. The van der Waals surface area contributed by atoms with Crippen LogP contribution in [0.4, 0.5) is 11.5 Å². The van der Waals surface area contributed by atoms with Gasteiger partial charge in [-0.05, 0) is 11.6 Å². The summed E-state index contributed by atoms with van der Waals surface area (Å²) in [7, 11) is 0. The summed E-state index contributed by atoms with van der Waals surface area (Å²) in [5, 5.41) is 22.3. The molecule has 0 bridgehead atoms. The maximum Gasteiger partial charge on any atom is 0.146 e. The highest BCUT2D eigenvalue weighted by Gasteiger charge is 2.18. The number of anilines is 2. The molecule has 0 aliphatic carbocycles. The van der Waals surface area contributed by atoms with Gasteiger partial charge in [0, 0.05) is 16.7 Å². The number of nitrogen functional groups attached to an aromatic ring is 2. The number of aliphatic hydroxyl groups excluding tert-OH is 2. The highest BCUT2D eigenvalue weighted by atomic mass is 16.3. The zero-order valence-corrected chi connectivity index (χ0v) is 8.35. The van der Waals surface area contributed by atoms with Crippen molar-refractivity contribution in [3.05, 3.63) is 28.3 Å². The predicted octanol–water partition coefficient (Wildman–Crippen LogP) is -0.0494. The number of rotatable bonds is 4. The summed E-state index contributed by atoms with van der Waals surface area (Å²) in [5.41, 5.74) is 19.5. The second-order valence-corrected chi connectivity index (χ2v) is 3.17. The molecule has 0 saturated carbocycles. The lowest BCUT2D eigenvalue weighted by atomic mass is 10.1. The van der Waals surface area contributed by atoms with Crippen LogP contribution in [0.5, 0.6) is 0 Å². The van der Waals surface area contributed by atoms with Gasteiger partial charge in [0.2, 0.25) is 0 Å². The molecule has 0 aliphatic heterocycles. The number of azide groups is 1. The van der Waals surface area contributed by atoms with Crippen LogP contribution in [0.25, 0.3) is 10.4 Å². The van der Waals surface area contributed by atoms with E-state index in [4.69, 9.17) is 17.0 Å². The summed E-state index contributed by atoms with van der Waals surface area (Å²) in [6.07, 6.45) is -1.13. The minimum Gasteiger partial charge on any atom is -0.396 e. The number of aromatic nitrogens is 1. The largest absolute Gasteiger partial charge is 0.396 e. The van der Waals surface area contributed by atoms with Gasteiger partial charge in [0.25, 0.3) is 0 Å². The Bertz CT molecular complexity index is 417. The molecule has 0 fully saturated rings. The highest BCUT2D eigenvalue weighted by molar-refractivity contribution is 5.58. The van der Waals surface area contributed by atoms with Crippen molar-refractivity contribution in [2.45, 2.75) is 12.2 Å². The Labute approximate surface area is 91.1 Å². The van der Waals surface area contributed by atoms with Crippen molar-refractivity contribution >= 4 is 11.5 Å². The first-order valence-corrected chi connectivity index (χ1v) is 4.44. The van der Waals surface area contributed by atoms with Crippen LogP contribution in [0.1, 0.15) is 11.7 Å². The molecule has 0 saturated heterocycles. The fourth-order valence-electron chi connectivity index (χ4n) is 1.11. The third-order valence-corrected chi connectivity index (χ3v) is 2.01. The van der Waals surface area contributed by atoms with Crippen LogP contribution in [0.2, 0.25) is 0 Å². The Morgan fingerprint density at radius 3 is 2.75 bits per heavy atom. The normalized spacial score (nSPS) is 13.9. The third-order valence-electron chi connectivity index (χ3n) is 2.01. The lowest BCUT2D eigenvalue weighted by Crippen LogP contribution is -2.21. The maximum absolute atomic E-state index is 9.66. The van der Waals surface area contributed by atoms with Crippen molar-refractivity contribution in [1.82, 2.24) is 4.98 Å². The van der Waals surface area contributed by atoms with E-state index in [0.717, 1.165) is 0 Å². The fourth-order valence-corrected chi connectivity index (χ4v) is 1.11. The minimum atomic E-state index is -1.22. The van der Waals surface area contributed by atoms with E-state index in [1.807, 2.05) is 0 Å². The zero-order valence-electron chi connectivity index (χ0n) is 8.35. The first-order valence-electron chi connectivity index (χ1n) is 4.44. The Morgan fingerprint density at radius 2 is 2.19 bits per heavy atom. The molecular weight excluding hydrogens is 212 g/mol.